The zero-order valence-corrected chi connectivity index (χ0v) is 9.03. The first-order valence-corrected chi connectivity index (χ1v) is 5.55. The van der Waals surface area contributed by atoms with Crippen LogP contribution in [0.4, 0.5) is 0 Å². The van der Waals surface area contributed by atoms with Crippen LogP contribution in [0.5, 0.6) is 0 Å². The fourth-order valence-corrected chi connectivity index (χ4v) is 2.31. The molecular formula is C11H20O3. The van der Waals surface area contributed by atoms with Crippen molar-refractivity contribution in [1.82, 2.24) is 0 Å². The topological polar surface area (TPSA) is 46.5 Å². The molecule has 3 heteroatoms. The van der Waals surface area contributed by atoms with Crippen LogP contribution in [0, 0.1) is 11.8 Å². The number of rotatable bonds is 3. The Labute approximate surface area is 85.5 Å². The number of hydrogen-bond donors (Lipinski definition) is 1. The monoisotopic (exact) mass is 200 g/mol. The molecule has 1 rings (SSSR count). The maximum atomic E-state index is 11.6. The predicted octanol–water partition coefficient (Wildman–Crippen LogP) is 1.74. The third-order valence-electron chi connectivity index (χ3n) is 3.08. The van der Waals surface area contributed by atoms with Crippen molar-refractivity contribution in [3.8, 4) is 0 Å². The average Bonchev–Trinajstić information content (AvgIpc) is 2.17. The van der Waals surface area contributed by atoms with E-state index in [4.69, 9.17) is 4.74 Å². The van der Waals surface area contributed by atoms with Gasteiger partial charge in [0.1, 0.15) is 0 Å². The molecule has 82 valence electrons. The third kappa shape index (κ3) is 2.47. The van der Waals surface area contributed by atoms with Crippen LogP contribution in [-0.2, 0) is 9.53 Å². The van der Waals surface area contributed by atoms with Gasteiger partial charge in [-0.1, -0.05) is 19.8 Å². The van der Waals surface area contributed by atoms with Crippen molar-refractivity contribution in [2.45, 2.75) is 45.6 Å². The third-order valence-corrected chi connectivity index (χ3v) is 3.08. The molecule has 0 aromatic rings. The Morgan fingerprint density at radius 2 is 2.14 bits per heavy atom. The second-order valence-electron chi connectivity index (χ2n) is 3.94. The number of aliphatic hydroxyl groups is 1. The molecule has 14 heavy (non-hydrogen) atoms. The average molecular weight is 200 g/mol. The summed E-state index contributed by atoms with van der Waals surface area (Å²) >= 11 is 0. The van der Waals surface area contributed by atoms with Gasteiger partial charge in [0.15, 0.2) is 0 Å². The molecule has 0 spiro atoms. The standard InChI is InChI=1S/C11H20O3/c1-3-8-6-5-7-9(12)10(8)11(13)14-4-2/h8-10,12H,3-7H2,1-2H3/t8-,9-,10+/m0/s1. The van der Waals surface area contributed by atoms with E-state index in [1.54, 1.807) is 6.92 Å². The van der Waals surface area contributed by atoms with Crippen LogP contribution in [-0.4, -0.2) is 23.8 Å². The fraction of sp³-hybridized carbons (Fsp3) is 0.909. The molecular weight excluding hydrogens is 180 g/mol. The zero-order valence-electron chi connectivity index (χ0n) is 9.03. The number of aliphatic hydroxyl groups excluding tert-OH is 1. The van der Waals surface area contributed by atoms with E-state index >= 15 is 0 Å². The van der Waals surface area contributed by atoms with Crippen molar-refractivity contribution in [2.75, 3.05) is 6.61 Å². The lowest BCUT2D eigenvalue weighted by Crippen LogP contribution is -2.39. The smallest absolute Gasteiger partial charge is 0.311 e. The molecule has 0 radical (unpaired) electrons. The van der Waals surface area contributed by atoms with Crippen LogP contribution < -0.4 is 0 Å². The fourth-order valence-electron chi connectivity index (χ4n) is 2.31. The summed E-state index contributed by atoms with van der Waals surface area (Å²) < 4.78 is 4.98. The Kier molecular flexibility index (Phi) is 4.39. The van der Waals surface area contributed by atoms with Crippen LogP contribution in [0.1, 0.15) is 39.5 Å². The summed E-state index contributed by atoms with van der Waals surface area (Å²) in [5.74, 6) is -0.196. The van der Waals surface area contributed by atoms with E-state index < -0.39 is 6.10 Å². The molecule has 0 bridgehead atoms. The van der Waals surface area contributed by atoms with Gasteiger partial charge in [0.2, 0.25) is 0 Å². The summed E-state index contributed by atoms with van der Waals surface area (Å²) in [6.07, 6.45) is 3.25. The summed E-state index contributed by atoms with van der Waals surface area (Å²) in [6.45, 7) is 4.27. The van der Waals surface area contributed by atoms with Crippen LogP contribution in [0.3, 0.4) is 0 Å². The number of carbonyl (C=O) groups is 1. The van der Waals surface area contributed by atoms with Gasteiger partial charge < -0.3 is 9.84 Å². The summed E-state index contributed by atoms with van der Waals surface area (Å²) in [5, 5.41) is 9.77. The van der Waals surface area contributed by atoms with E-state index in [1.165, 1.54) is 0 Å². The van der Waals surface area contributed by atoms with Crippen molar-refractivity contribution in [2.24, 2.45) is 11.8 Å². The highest BCUT2D eigenvalue weighted by Crippen LogP contribution is 2.33. The Balaban J connectivity index is 2.63. The van der Waals surface area contributed by atoms with Crippen LogP contribution in [0.2, 0.25) is 0 Å². The van der Waals surface area contributed by atoms with Crippen molar-refractivity contribution in [3.63, 3.8) is 0 Å². The Morgan fingerprint density at radius 1 is 1.43 bits per heavy atom. The molecule has 3 nitrogen and oxygen atoms in total. The molecule has 0 unspecified atom stereocenters. The lowest BCUT2D eigenvalue weighted by molar-refractivity contribution is -0.157. The first kappa shape index (κ1) is 11.5. The molecule has 0 aromatic heterocycles. The first-order valence-electron chi connectivity index (χ1n) is 5.55. The minimum atomic E-state index is -0.493. The summed E-state index contributed by atoms with van der Waals surface area (Å²) in [6, 6.07) is 0. The van der Waals surface area contributed by atoms with Crippen LogP contribution >= 0.6 is 0 Å². The van der Waals surface area contributed by atoms with Gasteiger partial charge >= 0.3 is 5.97 Å². The van der Waals surface area contributed by atoms with E-state index in [1.807, 2.05) is 0 Å². The lowest BCUT2D eigenvalue weighted by atomic mass is 9.76. The molecule has 0 saturated heterocycles. The van der Waals surface area contributed by atoms with E-state index in [2.05, 4.69) is 6.92 Å². The van der Waals surface area contributed by atoms with Gasteiger partial charge in [0, 0.05) is 0 Å². The van der Waals surface area contributed by atoms with Gasteiger partial charge in [-0.05, 0) is 25.7 Å². The van der Waals surface area contributed by atoms with Crippen molar-refractivity contribution >= 4 is 5.97 Å². The van der Waals surface area contributed by atoms with E-state index in [0.29, 0.717) is 12.5 Å². The van der Waals surface area contributed by atoms with E-state index in [-0.39, 0.29) is 11.9 Å². The van der Waals surface area contributed by atoms with E-state index in [0.717, 1.165) is 25.7 Å². The van der Waals surface area contributed by atoms with Gasteiger partial charge in [-0.25, -0.2) is 0 Å². The van der Waals surface area contributed by atoms with E-state index in [9.17, 15) is 9.90 Å². The molecule has 1 aliphatic carbocycles. The molecule has 0 aliphatic heterocycles. The SMILES string of the molecule is CCOC(=O)[C@@H]1[C@@H](CC)CCC[C@@H]1O. The number of esters is 1. The number of ether oxygens (including phenoxy) is 1. The Hall–Kier alpha value is -0.570. The summed E-state index contributed by atoms with van der Waals surface area (Å²) in [7, 11) is 0. The molecule has 3 atom stereocenters. The quantitative estimate of drug-likeness (QED) is 0.706. The van der Waals surface area contributed by atoms with Gasteiger partial charge in [-0.3, -0.25) is 4.79 Å². The normalized spacial score (nSPS) is 32.6. The minimum absolute atomic E-state index is 0.216. The Morgan fingerprint density at radius 3 is 2.71 bits per heavy atom. The molecule has 0 aromatic carbocycles. The summed E-state index contributed by atoms with van der Waals surface area (Å²) in [5.41, 5.74) is 0. The molecule has 1 aliphatic rings. The van der Waals surface area contributed by atoms with Crippen molar-refractivity contribution < 1.29 is 14.6 Å². The highest BCUT2D eigenvalue weighted by atomic mass is 16.5. The van der Waals surface area contributed by atoms with Gasteiger partial charge in [-0.2, -0.15) is 0 Å². The molecule has 0 amide bonds. The largest absolute Gasteiger partial charge is 0.466 e. The first-order chi connectivity index (χ1) is 6.70. The maximum absolute atomic E-state index is 11.6. The van der Waals surface area contributed by atoms with Crippen molar-refractivity contribution in [1.29, 1.82) is 0 Å². The maximum Gasteiger partial charge on any atom is 0.311 e. The highest BCUT2D eigenvalue weighted by molar-refractivity contribution is 5.73. The number of carbonyl (C=O) groups excluding carboxylic acids is 1. The predicted molar refractivity (Wildman–Crippen MR) is 53.8 cm³/mol. The highest BCUT2D eigenvalue weighted by Gasteiger charge is 2.37. The second kappa shape index (κ2) is 5.35. The zero-order chi connectivity index (χ0) is 10.6. The molecule has 0 heterocycles. The summed E-state index contributed by atoms with van der Waals surface area (Å²) in [4.78, 5) is 11.6. The Bertz CT molecular complexity index is 191. The molecule has 1 saturated carbocycles. The lowest BCUT2D eigenvalue weighted by Gasteiger charge is -2.33. The van der Waals surface area contributed by atoms with Crippen molar-refractivity contribution in [3.05, 3.63) is 0 Å². The van der Waals surface area contributed by atoms with Gasteiger partial charge in [0.05, 0.1) is 18.6 Å². The van der Waals surface area contributed by atoms with Crippen LogP contribution in [0.15, 0.2) is 0 Å². The van der Waals surface area contributed by atoms with Gasteiger partial charge in [-0.15, -0.1) is 0 Å². The molecule has 1 fully saturated rings. The van der Waals surface area contributed by atoms with Gasteiger partial charge in [0.25, 0.3) is 0 Å². The molecule has 1 N–H and O–H groups in total. The van der Waals surface area contributed by atoms with Crippen LogP contribution in [0.25, 0.3) is 0 Å². The second-order valence-corrected chi connectivity index (χ2v) is 3.94. The number of hydrogen-bond acceptors (Lipinski definition) is 3. The minimum Gasteiger partial charge on any atom is -0.466 e.